The number of rotatable bonds is 5. The largest absolute Gasteiger partial charge is 2.00 e. The molecule has 14 heavy (non-hydrogen) atoms. The Morgan fingerprint density at radius 2 is 1.79 bits per heavy atom. The molecule has 0 aromatic carbocycles. The summed E-state index contributed by atoms with van der Waals surface area (Å²) in [5, 5.41) is 9.97. The molecule has 0 rings (SSSR count). The maximum atomic E-state index is 10.7. The fraction of sp³-hybridized carbons (Fsp3) is 0.750. The van der Waals surface area contributed by atoms with E-state index in [0.29, 0.717) is 6.61 Å². The second kappa shape index (κ2) is 7.25. The summed E-state index contributed by atoms with van der Waals surface area (Å²) in [6.45, 7) is 6.78. The number of ether oxygens (including phenoxy) is 1. The molecule has 0 aliphatic heterocycles. The molecule has 0 aliphatic carbocycles. The van der Waals surface area contributed by atoms with Gasteiger partial charge in [-0.05, 0) is 6.04 Å². The number of carboxylic acid groups (broad SMARTS) is 1. The summed E-state index contributed by atoms with van der Waals surface area (Å²) in [5.41, 5.74) is 0. The molecule has 0 saturated carbocycles. The van der Waals surface area contributed by atoms with Gasteiger partial charge in [0, 0.05) is 8.07 Å². The van der Waals surface area contributed by atoms with Crippen molar-refractivity contribution in [3.63, 3.8) is 0 Å². The zero-order valence-corrected chi connectivity index (χ0v) is 11.4. The van der Waals surface area contributed by atoms with Gasteiger partial charge in [-0.25, -0.2) is 0 Å². The van der Waals surface area contributed by atoms with Crippen molar-refractivity contribution in [3.8, 4) is 0 Å². The SMILES string of the molecule is C[Si](C)(C)CCOC(=O)CC(=O)[O-].[Mg+2]. The van der Waals surface area contributed by atoms with Gasteiger partial charge in [-0.15, -0.1) is 0 Å². The van der Waals surface area contributed by atoms with Gasteiger partial charge in [-0.3, -0.25) is 4.79 Å². The molecule has 0 N–H and O–H groups in total. The fourth-order valence-corrected chi connectivity index (χ4v) is 1.35. The van der Waals surface area contributed by atoms with Gasteiger partial charge in [-0.1, -0.05) is 19.6 Å². The predicted octanol–water partition coefficient (Wildman–Crippen LogP) is -0.373. The van der Waals surface area contributed by atoms with Crippen LogP contribution in [0.25, 0.3) is 0 Å². The molecule has 0 radical (unpaired) electrons. The molecule has 4 nitrogen and oxygen atoms in total. The third kappa shape index (κ3) is 11.9. The van der Waals surface area contributed by atoms with Crippen molar-refractivity contribution in [2.24, 2.45) is 0 Å². The second-order valence-corrected chi connectivity index (χ2v) is 9.70. The third-order valence-electron chi connectivity index (χ3n) is 1.40. The number of carbonyl (C=O) groups is 2. The van der Waals surface area contributed by atoms with E-state index in [1.165, 1.54) is 0 Å². The molecule has 0 atom stereocenters. The molecule has 0 aliphatic rings. The zero-order valence-electron chi connectivity index (χ0n) is 8.96. The average molecular weight is 228 g/mol. The van der Waals surface area contributed by atoms with Crippen LogP contribution in [-0.2, 0) is 14.3 Å². The fourth-order valence-electron chi connectivity index (χ4n) is 0.640. The van der Waals surface area contributed by atoms with E-state index >= 15 is 0 Å². The van der Waals surface area contributed by atoms with Crippen molar-refractivity contribution in [2.75, 3.05) is 6.61 Å². The molecule has 0 saturated heterocycles. The van der Waals surface area contributed by atoms with E-state index < -0.39 is 26.4 Å². The Morgan fingerprint density at radius 1 is 1.29 bits per heavy atom. The number of aliphatic carboxylic acids is 1. The predicted molar refractivity (Wildman–Crippen MR) is 54.5 cm³/mol. The summed E-state index contributed by atoms with van der Waals surface area (Å²) in [5.74, 6) is -2.10. The van der Waals surface area contributed by atoms with E-state index in [9.17, 15) is 14.7 Å². The molecule has 0 unspecified atom stereocenters. The van der Waals surface area contributed by atoms with Crippen LogP contribution >= 0.6 is 0 Å². The van der Waals surface area contributed by atoms with E-state index in [1.807, 2.05) is 0 Å². The molecule has 6 heteroatoms. The Kier molecular flexibility index (Phi) is 8.47. The third-order valence-corrected chi connectivity index (χ3v) is 3.11. The van der Waals surface area contributed by atoms with Crippen LogP contribution in [0, 0.1) is 0 Å². The van der Waals surface area contributed by atoms with E-state index in [-0.39, 0.29) is 23.1 Å². The smallest absolute Gasteiger partial charge is 0.550 e. The van der Waals surface area contributed by atoms with Gasteiger partial charge in [-0.2, -0.15) is 0 Å². The van der Waals surface area contributed by atoms with E-state index in [1.54, 1.807) is 0 Å². The first kappa shape index (κ1) is 16.4. The maximum Gasteiger partial charge on any atom is 2.00 e. The molecule has 0 fully saturated rings. The van der Waals surface area contributed by atoms with Gasteiger partial charge in [0.25, 0.3) is 0 Å². The minimum absolute atomic E-state index is 0. The topological polar surface area (TPSA) is 66.4 Å². The Hall–Kier alpha value is -0.0769. The Morgan fingerprint density at radius 3 is 2.14 bits per heavy atom. The van der Waals surface area contributed by atoms with E-state index in [4.69, 9.17) is 4.74 Å². The number of esters is 1. The Balaban J connectivity index is 0. The first-order valence-corrected chi connectivity index (χ1v) is 7.87. The van der Waals surface area contributed by atoms with Gasteiger partial charge in [0.1, 0.15) is 0 Å². The Bertz CT molecular complexity index is 200. The summed E-state index contributed by atoms with van der Waals surface area (Å²) in [6.07, 6.45) is -0.647. The van der Waals surface area contributed by atoms with Crippen LogP contribution < -0.4 is 5.11 Å². The normalized spacial score (nSPS) is 10.2. The van der Waals surface area contributed by atoms with E-state index in [0.717, 1.165) is 6.04 Å². The summed E-state index contributed by atoms with van der Waals surface area (Å²) < 4.78 is 4.70. The quantitative estimate of drug-likeness (QED) is 0.365. The molecule has 0 amide bonds. The first-order chi connectivity index (χ1) is 5.81. The first-order valence-electron chi connectivity index (χ1n) is 4.17. The van der Waals surface area contributed by atoms with Gasteiger partial charge < -0.3 is 14.6 Å². The van der Waals surface area contributed by atoms with Crippen molar-refractivity contribution < 1.29 is 19.4 Å². The van der Waals surface area contributed by atoms with Crippen LogP contribution in [-0.4, -0.2) is 49.7 Å². The number of carbonyl (C=O) groups excluding carboxylic acids is 2. The van der Waals surface area contributed by atoms with Crippen molar-refractivity contribution in [1.29, 1.82) is 0 Å². The molecular formula is C8H15MgO4Si+. The zero-order chi connectivity index (χ0) is 10.5. The standard InChI is InChI=1S/C8H16O4Si.Mg/c1-13(2,3)5-4-12-8(11)6-7(9)10;/h4-6H2,1-3H3,(H,9,10);/q;+2/p-1. The van der Waals surface area contributed by atoms with Crippen LogP contribution in [0.2, 0.25) is 25.7 Å². The van der Waals surface area contributed by atoms with Crippen molar-refractivity contribution in [2.45, 2.75) is 32.1 Å². The van der Waals surface area contributed by atoms with Crippen molar-refractivity contribution in [1.82, 2.24) is 0 Å². The second-order valence-electron chi connectivity index (χ2n) is 4.08. The van der Waals surface area contributed by atoms with Crippen molar-refractivity contribution in [3.05, 3.63) is 0 Å². The van der Waals surface area contributed by atoms with Crippen LogP contribution in [0.5, 0.6) is 0 Å². The minimum Gasteiger partial charge on any atom is -0.550 e. The monoisotopic (exact) mass is 227 g/mol. The molecule has 76 valence electrons. The van der Waals surface area contributed by atoms with Crippen LogP contribution in [0.3, 0.4) is 0 Å². The van der Waals surface area contributed by atoms with Gasteiger partial charge in [0.05, 0.1) is 19.0 Å². The van der Waals surface area contributed by atoms with Gasteiger partial charge >= 0.3 is 29.0 Å². The van der Waals surface area contributed by atoms with Crippen molar-refractivity contribution >= 4 is 43.1 Å². The minimum atomic E-state index is -1.39. The molecule has 0 aromatic heterocycles. The number of hydrogen-bond donors (Lipinski definition) is 0. The Labute approximate surface area is 101 Å². The summed E-state index contributed by atoms with van der Waals surface area (Å²) in [7, 11) is -1.20. The van der Waals surface area contributed by atoms with Crippen LogP contribution in [0.1, 0.15) is 6.42 Å². The van der Waals surface area contributed by atoms with Gasteiger partial charge in [0.15, 0.2) is 0 Å². The summed E-state index contributed by atoms with van der Waals surface area (Å²) >= 11 is 0. The number of carboxylic acids is 1. The van der Waals surface area contributed by atoms with E-state index in [2.05, 4.69) is 19.6 Å². The molecule has 0 heterocycles. The summed E-state index contributed by atoms with van der Waals surface area (Å²) in [6, 6.07) is 0.853. The molecule has 0 bridgehead atoms. The molecule has 0 spiro atoms. The number of hydrogen-bond acceptors (Lipinski definition) is 4. The maximum absolute atomic E-state index is 10.7. The molecular weight excluding hydrogens is 212 g/mol. The van der Waals surface area contributed by atoms with Crippen LogP contribution in [0.4, 0.5) is 0 Å². The van der Waals surface area contributed by atoms with Gasteiger partial charge in [0.2, 0.25) is 0 Å². The van der Waals surface area contributed by atoms with Crippen LogP contribution in [0.15, 0.2) is 0 Å². The summed E-state index contributed by atoms with van der Waals surface area (Å²) in [4.78, 5) is 20.7. The average Bonchev–Trinajstić information content (AvgIpc) is 1.81. The molecule has 0 aromatic rings.